The Balaban J connectivity index is 1.68. The van der Waals surface area contributed by atoms with Crippen molar-refractivity contribution in [2.45, 2.75) is 38.3 Å². The van der Waals surface area contributed by atoms with Crippen molar-refractivity contribution in [3.63, 3.8) is 0 Å². The predicted octanol–water partition coefficient (Wildman–Crippen LogP) is 3.05. The molecule has 22 heavy (non-hydrogen) atoms. The van der Waals surface area contributed by atoms with Crippen molar-refractivity contribution in [2.24, 2.45) is 0 Å². The maximum atomic E-state index is 12.8. The number of hydrogen-bond acceptors (Lipinski definition) is 3. The predicted molar refractivity (Wildman–Crippen MR) is 90.5 cm³/mol. The Morgan fingerprint density at radius 3 is 2.86 bits per heavy atom. The number of benzene rings is 1. The zero-order valence-electron chi connectivity index (χ0n) is 13.2. The van der Waals surface area contributed by atoms with Crippen molar-refractivity contribution in [1.29, 1.82) is 0 Å². The van der Waals surface area contributed by atoms with Gasteiger partial charge < -0.3 is 10.2 Å². The molecule has 1 unspecified atom stereocenters. The summed E-state index contributed by atoms with van der Waals surface area (Å²) in [7, 11) is 0. The molecule has 1 heterocycles. The minimum Gasteiger partial charge on any atom is -0.340 e. The van der Waals surface area contributed by atoms with Gasteiger partial charge in [0.2, 0.25) is 5.91 Å². The van der Waals surface area contributed by atoms with E-state index in [0.717, 1.165) is 50.2 Å². The minimum absolute atomic E-state index is 0.200. The van der Waals surface area contributed by atoms with Crippen LogP contribution in [-0.4, -0.2) is 41.9 Å². The van der Waals surface area contributed by atoms with Crippen LogP contribution in [0, 0.1) is 5.82 Å². The molecule has 1 aromatic rings. The molecule has 5 heteroatoms. The average molecular weight is 324 g/mol. The van der Waals surface area contributed by atoms with Crippen LogP contribution in [0.5, 0.6) is 0 Å². The topological polar surface area (TPSA) is 32.3 Å². The van der Waals surface area contributed by atoms with Crippen LogP contribution >= 0.6 is 11.8 Å². The third kappa shape index (κ3) is 5.29. The smallest absolute Gasteiger partial charge is 0.222 e. The Morgan fingerprint density at radius 1 is 1.36 bits per heavy atom. The summed E-state index contributed by atoms with van der Waals surface area (Å²) >= 11 is 1.83. The Morgan fingerprint density at radius 2 is 2.14 bits per heavy atom. The summed E-state index contributed by atoms with van der Waals surface area (Å²) in [6, 6.07) is 6.96. The quantitative estimate of drug-likeness (QED) is 0.709. The van der Waals surface area contributed by atoms with Gasteiger partial charge in [-0.05, 0) is 55.5 Å². The van der Waals surface area contributed by atoms with E-state index < -0.39 is 0 Å². The van der Waals surface area contributed by atoms with E-state index in [1.54, 1.807) is 12.1 Å². The summed E-state index contributed by atoms with van der Waals surface area (Å²) < 4.78 is 12.8. The van der Waals surface area contributed by atoms with E-state index in [2.05, 4.69) is 16.5 Å². The molecular formula is C17H25FN2OS. The normalized spacial score (nSPS) is 18.2. The van der Waals surface area contributed by atoms with Gasteiger partial charge in [0, 0.05) is 25.6 Å². The Bertz CT molecular complexity index is 466. The molecule has 0 spiro atoms. The van der Waals surface area contributed by atoms with E-state index in [9.17, 15) is 9.18 Å². The molecule has 1 N–H and O–H groups in total. The van der Waals surface area contributed by atoms with Gasteiger partial charge in [0.05, 0.1) is 0 Å². The van der Waals surface area contributed by atoms with Crippen LogP contribution in [0.3, 0.4) is 0 Å². The fourth-order valence-corrected chi connectivity index (χ4v) is 3.30. The highest BCUT2D eigenvalue weighted by Crippen LogP contribution is 2.21. The van der Waals surface area contributed by atoms with Crippen molar-refractivity contribution in [1.82, 2.24) is 10.2 Å². The first-order chi connectivity index (χ1) is 10.7. The van der Waals surface area contributed by atoms with E-state index in [-0.39, 0.29) is 5.82 Å². The second kappa shape index (κ2) is 9.16. The largest absolute Gasteiger partial charge is 0.340 e. The second-order valence-electron chi connectivity index (χ2n) is 5.72. The molecule has 0 aromatic heterocycles. The van der Waals surface area contributed by atoms with E-state index in [0.29, 0.717) is 18.4 Å². The lowest BCUT2D eigenvalue weighted by Gasteiger charge is -2.25. The number of rotatable bonds is 9. The number of halogens is 1. The molecule has 2 rings (SSSR count). The van der Waals surface area contributed by atoms with E-state index in [4.69, 9.17) is 0 Å². The molecule has 0 radical (unpaired) electrons. The van der Waals surface area contributed by atoms with Gasteiger partial charge in [-0.1, -0.05) is 12.1 Å². The fourth-order valence-electron chi connectivity index (χ4n) is 2.88. The van der Waals surface area contributed by atoms with Crippen LogP contribution in [0.15, 0.2) is 24.3 Å². The number of carbonyl (C=O) groups is 1. The van der Waals surface area contributed by atoms with Gasteiger partial charge in [-0.25, -0.2) is 4.39 Å². The van der Waals surface area contributed by atoms with Gasteiger partial charge in [0.15, 0.2) is 0 Å². The molecular weight excluding hydrogens is 299 g/mol. The molecule has 1 aliphatic heterocycles. The summed E-state index contributed by atoms with van der Waals surface area (Å²) in [6.45, 7) is 2.52. The van der Waals surface area contributed by atoms with Crippen LogP contribution in [0.2, 0.25) is 0 Å². The maximum absolute atomic E-state index is 12.8. The van der Waals surface area contributed by atoms with Crippen LogP contribution < -0.4 is 5.32 Å². The summed E-state index contributed by atoms with van der Waals surface area (Å²) in [6.07, 6.45) is 5.85. The molecule has 1 aromatic carbocycles. The number of amides is 1. The summed E-state index contributed by atoms with van der Waals surface area (Å²) in [5.41, 5.74) is 1.08. The molecule has 0 bridgehead atoms. The molecule has 1 fully saturated rings. The highest BCUT2D eigenvalue weighted by atomic mass is 32.2. The van der Waals surface area contributed by atoms with Gasteiger partial charge in [0.1, 0.15) is 5.82 Å². The van der Waals surface area contributed by atoms with Crippen LogP contribution in [-0.2, 0) is 11.3 Å². The first kappa shape index (κ1) is 17.3. The summed E-state index contributed by atoms with van der Waals surface area (Å²) in [4.78, 5) is 14.0. The van der Waals surface area contributed by atoms with Crippen molar-refractivity contribution in [3.05, 3.63) is 35.6 Å². The molecule has 1 atom stereocenters. The Kier molecular flexibility index (Phi) is 7.19. The van der Waals surface area contributed by atoms with Gasteiger partial charge in [-0.2, -0.15) is 11.8 Å². The van der Waals surface area contributed by atoms with Crippen molar-refractivity contribution in [3.8, 4) is 0 Å². The number of thioether (sulfide) groups is 1. The lowest BCUT2D eigenvalue weighted by atomic mass is 10.1. The number of nitrogens with one attached hydrogen (secondary N) is 1. The van der Waals surface area contributed by atoms with Crippen LogP contribution in [0.1, 0.15) is 31.2 Å². The molecule has 1 saturated heterocycles. The van der Waals surface area contributed by atoms with E-state index in [1.807, 2.05) is 11.8 Å². The first-order valence-electron chi connectivity index (χ1n) is 7.94. The monoisotopic (exact) mass is 324 g/mol. The first-order valence-corrected chi connectivity index (χ1v) is 9.33. The standard InChI is InChI=1S/C17H25FN2OS/c1-22-12-2-11-20-16(7-8-17(20)21)9-10-19-13-14-3-5-15(18)6-4-14/h3-6,16,19H,2,7-13H2,1H3. The second-order valence-corrected chi connectivity index (χ2v) is 6.70. The average Bonchev–Trinajstić information content (AvgIpc) is 2.87. The van der Waals surface area contributed by atoms with Crippen molar-refractivity contribution < 1.29 is 9.18 Å². The number of hydrogen-bond donors (Lipinski definition) is 1. The molecule has 1 amide bonds. The number of carbonyl (C=O) groups excluding carboxylic acids is 1. The Labute approximate surface area is 136 Å². The van der Waals surface area contributed by atoms with Gasteiger partial charge in [0.25, 0.3) is 0 Å². The zero-order chi connectivity index (χ0) is 15.8. The van der Waals surface area contributed by atoms with Crippen molar-refractivity contribution >= 4 is 17.7 Å². The summed E-state index contributed by atoms with van der Waals surface area (Å²) in [5.74, 6) is 1.22. The summed E-state index contributed by atoms with van der Waals surface area (Å²) in [5, 5.41) is 3.39. The molecule has 0 aliphatic carbocycles. The van der Waals surface area contributed by atoms with E-state index in [1.165, 1.54) is 12.1 Å². The lowest BCUT2D eigenvalue weighted by Crippen LogP contribution is -2.36. The SMILES string of the molecule is CSCCCN1C(=O)CCC1CCNCc1ccc(F)cc1. The Hall–Kier alpha value is -1.07. The number of likely N-dealkylation sites (tertiary alicyclic amines) is 1. The molecule has 122 valence electrons. The zero-order valence-corrected chi connectivity index (χ0v) is 14.0. The molecule has 0 saturated carbocycles. The number of nitrogens with zero attached hydrogens (tertiary/aromatic N) is 1. The van der Waals surface area contributed by atoms with Crippen molar-refractivity contribution in [2.75, 3.05) is 25.1 Å². The highest BCUT2D eigenvalue weighted by molar-refractivity contribution is 7.98. The van der Waals surface area contributed by atoms with Gasteiger partial charge >= 0.3 is 0 Å². The van der Waals surface area contributed by atoms with E-state index >= 15 is 0 Å². The van der Waals surface area contributed by atoms with Gasteiger partial charge in [-0.3, -0.25) is 4.79 Å². The third-order valence-corrected chi connectivity index (χ3v) is 4.79. The van der Waals surface area contributed by atoms with Gasteiger partial charge in [-0.15, -0.1) is 0 Å². The maximum Gasteiger partial charge on any atom is 0.222 e. The minimum atomic E-state index is -0.200. The highest BCUT2D eigenvalue weighted by Gasteiger charge is 2.29. The van der Waals surface area contributed by atoms with Crippen LogP contribution in [0.4, 0.5) is 4.39 Å². The molecule has 1 aliphatic rings. The van der Waals surface area contributed by atoms with Crippen LogP contribution in [0.25, 0.3) is 0 Å². The third-order valence-electron chi connectivity index (χ3n) is 4.10. The lowest BCUT2D eigenvalue weighted by molar-refractivity contribution is -0.129. The fraction of sp³-hybridized carbons (Fsp3) is 0.588. The molecule has 3 nitrogen and oxygen atoms in total.